The molecule has 10 atom stereocenters. The molecule has 0 radical (unpaired) electrons. The van der Waals surface area contributed by atoms with Crippen LogP contribution in [-0.2, 0) is 56.8 Å². The van der Waals surface area contributed by atoms with Gasteiger partial charge in [-0.15, -0.1) is 0 Å². The predicted octanol–water partition coefficient (Wildman–Crippen LogP) is 3.69. The molecular formula is C82H54O52. The lowest BCUT2D eigenvalue weighted by Crippen LogP contribution is -2.63. The second kappa shape index (κ2) is 31.7. The molecule has 0 saturated carbocycles. The number of phenolic OH excluding ortho intramolecular Hbond substituents is 29. The first-order valence-corrected chi connectivity index (χ1v) is 37.2. The number of hydrogen-bond donors (Lipinski definition) is 29. The fraction of sp³-hybridized carbons (Fsp3) is 0.146. The lowest BCUT2D eigenvalue weighted by Gasteiger charge is -2.44. The number of rotatable bonds is 6. The van der Waals surface area contributed by atoms with E-state index in [1.165, 1.54) is 0 Å². The van der Waals surface area contributed by atoms with Crippen LogP contribution in [-0.4, -0.2) is 282 Å². The average Bonchev–Trinajstić information content (AvgIpc) is 1.09. The van der Waals surface area contributed by atoms with Gasteiger partial charge in [-0.25, -0.2) is 47.9 Å². The SMILES string of the molecule is O=C(O[C@H]1O[C@@H]2COC(=O)c3cc(O)c(O)c(O)c3-c3c(cc(O)c(O)c3O)C(=O)O[C@H]2[C@@H]2OC(=O)c3cc(O)c(O)c(O)c3-c3c(cc(O)c(O)c3O)C(=O)O[C@@H]12)c1cc(O)c(O)c(Oc2cc(C(=O)O[C@H]3O[C@@H]4COC(=O)c5cc(O)c(O)c(O)c5-c5c(cc(O)c(O)c5O)C(=O)O[C@H]4[C@@H]4OC(=O)c5cc(O)c(O)c(O)c5-c5c(cc(O)c(O)c5O)C(=O)O[C@@H]34)c(O)c(O)c2O)c1. The summed E-state index contributed by atoms with van der Waals surface area (Å²) in [5.41, 5.74) is -22.9. The Bertz CT molecular complexity index is 6980. The summed E-state index contributed by atoms with van der Waals surface area (Å²) in [7, 11) is 0. The zero-order valence-corrected chi connectivity index (χ0v) is 65.4. The molecule has 10 aromatic carbocycles. The summed E-state index contributed by atoms with van der Waals surface area (Å²) in [5.74, 6) is -67.8. The first-order chi connectivity index (χ1) is 63.1. The third-order valence-electron chi connectivity index (χ3n) is 21.6. The van der Waals surface area contributed by atoms with Crippen molar-refractivity contribution in [3.05, 3.63) is 122 Å². The summed E-state index contributed by atoms with van der Waals surface area (Å²) in [4.78, 5) is 149. The Hall–Kier alpha value is -19.2. The van der Waals surface area contributed by atoms with Crippen molar-refractivity contribution in [3.63, 3.8) is 0 Å². The van der Waals surface area contributed by atoms with E-state index >= 15 is 28.8 Å². The molecule has 0 amide bonds. The smallest absolute Gasteiger partial charge is 0.344 e. The topological polar surface area (TPSA) is 877 Å². The van der Waals surface area contributed by atoms with Crippen LogP contribution in [0.2, 0.25) is 0 Å². The van der Waals surface area contributed by atoms with Gasteiger partial charge in [0.15, 0.2) is 139 Å². The van der Waals surface area contributed by atoms with E-state index in [1.807, 2.05) is 0 Å². The lowest BCUT2D eigenvalue weighted by atomic mass is 9.91. The standard InChI is InChI=1S/C82H54O52/c83-24-1-14(71(112)133-81-69-67(129-76(117)19-7-29(88)51(98)60(107)41(19)43-21(78(119)131-69)9-31(90)53(100)62(43)109)65-35(125-81)12-122-72(113)15-3-25(84)47(94)56(103)37(15)39-17(74(115)127-65)5-27(86)49(96)58(39)105)2-33(46(24)93)124-34-11-23(45(92)64(111)55(34)102)80(121)134-82-70-68(130-77(118)20-8-30(89)52(99)61(108)42(20)44-22(79(120)132-70)10-32(91)54(101)63(44)110)66-36(126-82)13-123-73(114)16-4-26(85)48(95)57(104)38(16)40-18(75(116)128-66)6-28(87)50(97)59(40)106/h1-11,35-36,65-70,81-111H,12-13H2/t35-,36-,65-,66-,67+,68+,69-,70-,81-,82-/m1/s1. The fourth-order valence-corrected chi connectivity index (χ4v) is 15.2. The van der Waals surface area contributed by atoms with E-state index in [9.17, 15) is 167 Å². The Labute approximate surface area is 734 Å². The molecule has 134 heavy (non-hydrogen) atoms. The van der Waals surface area contributed by atoms with Gasteiger partial charge in [0.2, 0.25) is 88.0 Å². The van der Waals surface area contributed by atoms with Crippen LogP contribution in [0.5, 0.6) is 178 Å². The average molecular weight is 1870 g/mol. The summed E-state index contributed by atoms with van der Waals surface area (Å²) in [6.45, 7) is -3.07. The molecule has 6 heterocycles. The van der Waals surface area contributed by atoms with Crippen molar-refractivity contribution >= 4 is 59.7 Å². The lowest BCUT2D eigenvalue weighted by molar-refractivity contribution is -0.283. The van der Waals surface area contributed by atoms with Crippen LogP contribution < -0.4 is 4.74 Å². The van der Waals surface area contributed by atoms with Gasteiger partial charge in [-0.05, 0) is 60.7 Å². The quantitative estimate of drug-likeness (QED) is 0.0641. The number of ether oxygens (including phenoxy) is 13. The van der Waals surface area contributed by atoms with Gasteiger partial charge in [-0.1, -0.05) is 0 Å². The van der Waals surface area contributed by atoms with E-state index < -0.39 is 413 Å². The zero-order chi connectivity index (χ0) is 97.2. The molecule has 52 heteroatoms. The van der Waals surface area contributed by atoms with E-state index in [0.29, 0.717) is 24.3 Å². The van der Waals surface area contributed by atoms with Crippen LogP contribution in [0.1, 0.15) is 104 Å². The summed E-state index contributed by atoms with van der Waals surface area (Å²) in [5, 5.41) is 321. The largest absolute Gasteiger partial charge is 0.504 e. The maximum atomic E-state index is 15.1. The van der Waals surface area contributed by atoms with Gasteiger partial charge >= 0.3 is 59.7 Å². The molecule has 0 spiro atoms. The van der Waals surface area contributed by atoms with E-state index in [4.69, 9.17) is 61.6 Å². The van der Waals surface area contributed by atoms with Crippen LogP contribution in [0.3, 0.4) is 0 Å². The fourth-order valence-electron chi connectivity index (χ4n) is 15.2. The Morgan fingerprint density at radius 2 is 0.463 bits per heavy atom. The van der Waals surface area contributed by atoms with E-state index in [0.717, 1.165) is 0 Å². The highest BCUT2D eigenvalue weighted by molar-refractivity contribution is 6.13. The number of carbonyl (C=O) groups is 10. The van der Waals surface area contributed by atoms with Crippen LogP contribution in [0.4, 0.5) is 0 Å². The number of cyclic esters (lactones) is 2. The van der Waals surface area contributed by atoms with E-state index in [-0.39, 0.29) is 42.5 Å². The van der Waals surface area contributed by atoms with Gasteiger partial charge in [0, 0.05) is 50.6 Å². The number of esters is 10. The van der Waals surface area contributed by atoms with Gasteiger partial charge in [-0.3, -0.25) is 0 Å². The summed E-state index contributed by atoms with van der Waals surface area (Å²) < 4.78 is 74.3. The van der Waals surface area contributed by atoms with Crippen LogP contribution >= 0.6 is 0 Å². The Morgan fingerprint density at radius 3 is 0.739 bits per heavy atom. The third-order valence-corrected chi connectivity index (χ3v) is 21.6. The number of fused-ring (bicyclic) bond motifs is 18. The van der Waals surface area contributed by atoms with Crippen molar-refractivity contribution in [2.75, 3.05) is 13.2 Å². The first kappa shape index (κ1) is 88.3. The molecule has 16 rings (SSSR count). The number of aromatic hydroxyl groups is 29. The van der Waals surface area contributed by atoms with Crippen molar-refractivity contribution in [3.8, 4) is 223 Å². The van der Waals surface area contributed by atoms with Gasteiger partial charge in [0.25, 0.3) is 0 Å². The van der Waals surface area contributed by atoms with Crippen molar-refractivity contribution in [1.29, 1.82) is 0 Å². The normalized spacial score (nSPS) is 20.1. The number of phenols is 29. The maximum absolute atomic E-state index is 15.1. The third kappa shape index (κ3) is 13.9. The summed E-state index contributed by atoms with van der Waals surface area (Å²) in [6.07, 6.45) is -28.0. The van der Waals surface area contributed by atoms with Crippen LogP contribution in [0, 0.1) is 0 Å². The molecule has 2 fully saturated rings. The van der Waals surface area contributed by atoms with Gasteiger partial charge in [0.1, 0.15) is 31.0 Å². The van der Waals surface area contributed by atoms with Gasteiger partial charge in [0.05, 0.1) is 50.1 Å². The second-order valence-corrected chi connectivity index (χ2v) is 29.3. The van der Waals surface area contributed by atoms with Crippen molar-refractivity contribution in [2.24, 2.45) is 0 Å². The minimum Gasteiger partial charge on any atom is -0.504 e. The first-order valence-electron chi connectivity index (χ1n) is 37.2. The second-order valence-electron chi connectivity index (χ2n) is 29.3. The Balaban J connectivity index is 0.786. The number of benzene rings is 10. The molecule has 0 unspecified atom stereocenters. The molecule has 694 valence electrons. The number of carbonyl (C=O) groups excluding carboxylic acids is 10. The van der Waals surface area contributed by atoms with Crippen molar-refractivity contribution in [1.82, 2.24) is 0 Å². The predicted molar refractivity (Wildman–Crippen MR) is 413 cm³/mol. The van der Waals surface area contributed by atoms with Crippen molar-refractivity contribution < 1.29 is 258 Å². The minimum atomic E-state index is -3.03. The molecule has 0 aromatic heterocycles. The molecule has 52 nitrogen and oxygen atoms in total. The highest BCUT2D eigenvalue weighted by Crippen LogP contribution is 2.61. The minimum absolute atomic E-state index is 0.153. The molecule has 10 aromatic rings. The molecule has 6 aliphatic heterocycles. The zero-order valence-electron chi connectivity index (χ0n) is 65.4. The maximum Gasteiger partial charge on any atom is 0.344 e. The van der Waals surface area contributed by atoms with Gasteiger partial charge in [-0.2, -0.15) is 0 Å². The van der Waals surface area contributed by atoms with E-state index in [1.54, 1.807) is 0 Å². The van der Waals surface area contributed by atoms with Crippen LogP contribution in [0.25, 0.3) is 44.5 Å². The van der Waals surface area contributed by atoms with Gasteiger partial charge < -0.3 is 210 Å². The summed E-state index contributed by atoms with van der Waals surface area (Å²) >= 11 is 0. The van der Waals surface area contributed by atoms with Crippen molar-refractivity contribution in [2.45, 2.75) is 61.4 Å². The summed E-state index contributed by atoms with van der Waals surface area (Å²) in [6, 6.07) is 3.08. The van der Waals surface area contributed by atoms with Crippen LogP contribution in [0.15, 0.2) is 66.7 Å². The highest BCUT2D eigenvalue weighted by atomic mass is 16.8. The molecule has 29 N–H and O–H groups in total. The Morgan fingerprint density at radius 1 is 0.231 bits per heavy atom. The molecule has 2 saturated heterocycles. The molecule has 0 bridgehead atoms. The molecule has 0 aliphatic carbocycles. The number of hydrogen-bond acceptors (Lipinski definition) is 52. The highest BCUT2D eigenvalue weighted by Gasteiger charge is 2.59. The monoisotopic (exact) mass is 1870 g/mol. The molecular weight excluding hydrogens is 1820 g/mol. The Kier molecular flexibility index (Phi) is 20.9. The van der Waals surface area contributed by atoms with E-state index in [2.05, 4.69) is 0 Å². The molecule has 6 aliphatic rings.